The first-order chi connectivity index (χ1) is 5.66. The van der Waals surface area contributed by atoms with Crippen LogP contribution in [0.1, 0.15) is 0 Å². The molecule has 2 unspecified atom stereocenters. The van der Waals surface area contributed by atoms with Gasteiger partial charge in [-0.3, -0.25) is 4.84 Å². The smallest absolute Gasteiger partial charge is 0.205 e. The fourth-order valence-corrected chi connectivity index (χ4v) is 0.999. The molecule has 1 aliphatic rings. The molecule has 1 rings (SSSR count). The van der Waals surface area contributed by atoms with Gasteiger partial charge in [0, 0.05) is 7.05 Å². The Hall–Kier alpha value is -0.240. The van der Waals surface area contributed by atoms with Crippen LogP contribution in [0.4, 0.5) is 0 Å². The molecule has 0 radical (unpaired) electrons. The second kappa shape index (κ2) is 4.13. The molecular weight excluding hydrogens is 166 g/mol. The van der Waals surface area contributed by atoms with E-state index in [0.717, 1.165) is 0 Å². The molecule has 1 aliphatic heterocycles. The molecule has 1 heterocycles. The molecule has 6 heteroatoms. The average Bonchev–Trinajstić information content (AvgIpc) is 2.07. The number of rotatable bonds is 2. The molecule has 0 saturated carbocycles. The van der Waals surface area contributed by atoms with Gasteiger partial charge >= 0.3 is 0 Å². The maximum Gasteiger partial charge on any atom is 0.205 e. The molecule has 0 aliphatic carbocycles. The summed E-state index contributed by atoms with van der Waals surface area (Å²) in [6.45, 7) is -0.0510. The zero-order chi connectivity index (χ0) is 9.14. The van der Waals surface area contributed by atoms with Gasteiger partial charge in [0.2, 0.25) is 6.29 Å². The molecule has 4 N–H and O–H groups in total. The van der Waals surface area contributed by atoms with Crippen molar-refractivity contribution < 1.29 is 24.9 Å². The van der Waals surface area contributed by atoms with E-state index in [4.69, 9.17) is 19.8 Å². The number of hydrogen-bond donors (Lipinski definition) is 4. The molecule has 72 valence electrons. The highest BCUT2D eigenvalue weighted by Gasteiger charge is 2.38. The lowest BCUT2D eigenvalue weighted by molar-refractivity contribution is -0.285. The highest BCUT2D eigenvalue weighted by atomic mass is 16.8. The van der Waals surface area contributed by atoms with Crippen molar-refractivity contribution in [2.75, 3.05) is 13.7 Å². The van der Waals surface area contributed by atoms with E-state index in [1.54, 1.807) is 0 Å². The Kier molecular flexibility index (Phi) is 3.39. The van der Waals surface area contributed by atoms with Crippen LogP contribution in [0.5, 0.6) is 0 Å². The van der Waals surface area contributed by atoms with E-state index in [1.165, 1.54) is 7.05 Å². The van der Waals surface area contributed by atoms with Gasteiger partial charge in [-0.25, -0.2) is 5.48 Å². The second-order valence-electron chi connectivity index (χ2n) is 2.57. The van der Waals surface area contributed by atoms with Crippen LogP contribution in [-0.4, -0.2) is 53.6 Å². The van der Waals surface area contributed by atoms with Gasteiger partial charge in [-0.2, -0.15) is 0 Å². The van der Waals surface area contributed by atoms with Gasteiger partial charge < -0.3 is 20.1 Å². The second-order valence-corrected chi connectivity index (χ2v) is 2.57. The first kappa shape index (κ1) is 9.85. The van der Waals surface area contributed by atoms with Gasteiger partial charge in [-0.15, -0.1) is 0 Å². The molecule has 12 heavy (non-hydrogen) atoms. The van der Waals surface area contributed by atoms with E-state index < -0.39 is 24.6 Å². The summed E-state index contributed by atoms with van der Waals surface area (Å²) >= 11 is 0. The van der Waals surface area contributed by atoms with Crippen molar-refractivity contribution in [1.82, 2.24) is 5.48 Å². The highest BCUT2D eigenvalue weighted by Crippen LogP contribution is 2.15. The van der Waals surface area contributed by atoms with Gasteiger partial charge in [-0.1, -0.05) is 0 Å². The summed E-state index contributed by atoms with van der Waals surface area (Å²) in [5, 5.41) is 27.4. The maximum atomic E-state index is 9.24. The predicted molar refractivity (Wildman–Crippen MR) is 37.9 cm³/mol. The van der Waals surface area contributed by atoms with Gasteiger partial charge in [0.1, 0.15) is 18.3 Å². The van der Waals surface area contributed by atoms with Crippen LogP contribution in [-0.2, 0) is 9.57 Å². The molecule has 0 bridgehead atoms. The monoisotopic (exact) mass is 179 g/mol. The van der Waals surface area contributed by atoms with Crippen molar-refractivity contribution in [1.29, 1.82) is 0 Å². The minimum atomic E-state index is -1.24. The lowest BCUT2D eigenvalue weighted by Crippen LogP contribution is -2.54. The topological polar surface area (TPSA) is 91.2 Å². The molecule has 0 aromatic carbocycles. The number of ether oxygens (including phenoxy) is 1. The van der Waals surface area contributed by atoms with Gasteiger partial charge in [0.25, 0.3) is 0 Å². The van der Waals surface area contributed by atoms with E-state index >= 15 is 0 Å². The van der Waals surface area contributed by atoms with Crippen molar-refractivity contribution in [3.63, 3.8) is 0 Å². The molecule has 1 saturated heterocycles. The number of hydroxylamine groups is 1. The van der Waals surface area contributed by atoms with E-state index in [1.807, 2.05) is 0 Å². The minimum Gasteiger partial charge on any atom is -0.388 e. The van der Waals surface area contributed by atoms with E-state index in [0.29, 0.717) is 0 Å². The SMILES string of the molecule is CNO[C@@H]1OC[C@H](O)C(O)C1O. The van der Waals surface area contributed by atoms with Crippen LogP contribution in [0.15, 0.2) is 0 Å². The number of aliphatic hydroxyl groups is 3. The Morgan fingerprint density at radius 1 is 1.33 bits per heavy atom. The number of aliphatic hydroxyl groups excluding tert-OH is 3. The summed E-state index contributed by atoms with van der Waals surface area (Å²) in [6, 6.07) is 0. The third kappa shape index (κ3) is 1.92. The minimum absolute atomic E-state index is 0.0510. The van der Waals surface area contributed by atoms with Crippen LogP contribution >= 0.6 is 0 Å². The standard InChI is InChI=1S/C6H13NO5/c1-7-12-6-5(10)4(9)3(8)2-11-6/h3-10H,2H2,1H3/t3-,4?,5?,6-/m0/s1. The molecular formula is C6H13NO5. The Morgan fingerprint density at radius 2 is 2.00 bits per heavy atom. The molecule has 0 spiro atoms. The predicted octanol–water partition coefficient (Wildman–Crippen LogP) is -2.42. The number of nitrogens with one attached hydrogen (secondary N) is 1. The van der Waals surface area contributed by atoms with Crippen LogP contribution in [0.2, 0.25) is 0 Å². The summed E-state index contributed by atoms with van der Waals surface area (Å²) in [5.74, 6) is 0. The Balaban J connectivity index is 2.46. The zero-order valence-corrected chi connectivity index (χ0v) is 6.67. The molecule has 4 atom stereocenters. The van der Waals surface area contributed by atoms with Crippen LogP contribution in [0.3, 0.4) is 0 Å². The Labute approximate surface area is 69.7 Å². The molecule has 1 fully saturated rings. The fraction of sp³-hybridized carbons (Fsp3) is 1.00. The summed E-state index contributed by atoms with van der Waals surface area (Å²) in [5.41, 5.74) is 2.33. The van der Waals surface area contributed by atoms with Gasteiger partial charge in [-0.05, 0) is 0 Å². The molecule has 0 aromatic rings. The van der Waals surface area contributed by atoms with E-state index in [-0.39, 0.29) is 6.61 Å². The average molecular weight is 179 g/mol. The van der Waals surface area contributed by atoms with Crippen molar-refractivity contribution in [3.05, 3.63) is 0 Å². The van der Waals surface area contributed by atoms with Crippen molar-refractivity contribution in [3.8, 4) is 0 Å². The summed E-state index contributed by atoms with van der Waals surface area (Å²) in [6.07, 6.45) is -4.46. The van der Waals surface area contributed by atoms with Crippen molar-refractivity contribution >= 4 is 0 Å². The van der Waals surface area contributed by atoms with Gasteiger partial charge in [0.15, 0.2) is 0 Å². The van der Waals surface area contributed by atoms with Crippen LogP contribution in [0.25, 0.3) is 0 Å². The highest BCUT2D eigenvalue weighted by molar-refractivity contribution is 4.81. The Morgan fingerprint density at radius 3 is 2.58 bits per heavy atom. The summed E-state index contributed by atoms with van der Waals surface area (Å²) in [4.78, 5) is 4.72. The van der Waals surface area contributed by atoms with Gasteiger partial charge in [0.05, 0.1) is 6.61 Å². The first-order valence-electron chi connectivity index (χ1n) is 3.65. The molecule has 0 aromatic heterocycles. The summed E-state index contributed by atoms with van der Waals surface area (Å²) in [7, 11) is 1.51. The maximum absolute atomic E-state index is 9.24. The zero-order valence-electron chi connectivity index (χ0n) is 6.67. The van der Waals surface area contributed by atoms with Crippen molar-refractivity contribution in [2.45, 2.75) is 24.6 Å². The number of hydrogen-bond acceptors (Lipinski definition) is 6. The van der Waals surface area contributed by atoms with Crippen LogP contribution in [0, 0.1) is 0 Å². The largest absolute Gasteiger partial charge is 0.388 e. The lowest BCUT2D eigenvalue weighted by Gasteiger charge is -2.34. The van der Waals surface area contributed by atoms with E-state index in [9.17, 15) is 5.11 Å². The third-order valence-electron chi connectivity index (χ3n) is 1.69. The van der Waals surface area contributed by atoms with Crippen molar-refractivity contribution in [2.24, 2.45) is 0 Å². The third-order valence-corrected chi connectivity index (χ3v) is 1.69. The quantitative estimate of drug-likeness (QED) is 0.352. The normalized spacial score (nSPS) is 43.0. The Bertz CT molecular complexity index is 144. The first-order valence-corrected chi connectivity index (χ1v) is 3.65. The molecule has 6 nitrogen and oxygen atoms in total. The lowest BCUT2D eigenvalue weighted by atomic mass is 10.1. The summed E-state index contributed by atoms with van der Waals surface area (Å²) < 4.78 is 4.87. The molecule has 0 amide bonds. The van der Waals surface area contributed by atoms with Crippen LogP contribution < -0.4 is 5.48 Å². The van der Waals surface area contributed by atoms with E-state index in [2.05, 4.69) is 5.48 Å². The fourth-order valence-electron chi connectivity index (χ4n) is 0.999.